The van der Waals surface area contributed by atoms with Crippen LogP contribution in [-0.4, -0.2) is 17.4 Å². The molecule has 1 atom stereocenters. The Kier molecular flexibility index (Phi) is 3.59. The molecule has 0 radical (unpaired) electrons. The third-order valence-corrected chi connectivity index (χ3v) is 3.80. The van der Waals surface area contributed by atoms with Crippen molar-refractivity contribution < 1.29 is 9.59 Å². The van der Waals surface area contributed by atoms with Gasteiger partial charge in [-0.15, -0.1) is 0 Å². The van der Waals surface area contributed by atoms with Crippen LogP contribution in [-0.2, 0) is 4.79 Å². The van der Waals surface area contributed by atoms with Crippen molar-refractivity contribution in [1.29, 1.82) is 0 Å². The van der Waals surface area contributed by atoms with Gasteiger partial charge in [-0.1, -0.05) is 42.5 Å². The molecule has 0 saturated heterocycles. The molecule has 0 unspecified atom stereocenters. The molecule has 2 aromatic rings. The highest BCUT2D eigenvalue weighted by Gasteiger charge is 2.40. The molecule has 4 heteroatoms. The first kappa shape index (κ1) is 14.2. The number of carbonyl (C=O) groups excluding carboxylic acids is 2. The zero-order valence-electron chi connectivity index (χ0n) is 12.5. The summed E-state index contributed by atoms with van der Waals surface area (Å²) in [5.41, 5.74) is 2.64. The summed E-state index contributed by atoms with van der Waals surface area (Å²) < 4.78 is 0. The van der Waals surface area contributed by atoms with Crippen molar-refractivity contribution in [2.75, 3.05) is 5.01 Å². The van der Waals surface area contributed by atoms with Crippen LogP contribution in [0.2, 0.25) is 0 Å². The third kappa shape index (κ3) is 2.33. The van der Waals surface area contributed by atoms with Gasteiger partial charge in [-0.25, -0.2) is 0 Å². The van der Waals surface area contributed by atoms with Crippen molar-refractivity contribution >= 4 is 23.1 Å². The molecule has 0 aromatic heterocycles. The summed E-state index contributed by atoms with van der Waals surface area (Å²) in [6.07, 6.45) is 0. The second kappa shape index (κ2) is 5.56. The summed E-state index contributed by atoms with van der Waals surface area (Å²) in [6.45, 7) is 3.59. The Hall–Kier alpha value is -2.75. The van der Waals surface area contributed by atoms with E-state index in [0.717, 1.165) is 5.56 Å². The van der Waals surface area contributed by atoms with Gasteiger partial charge >= 0.3 is 0 Å². The fourth-order valence-corrected chi connectivity index (χ4v) is 2.63. The first-order valence-electron chi connectivity index (χ1n) is 7.13. The molecule has 3 rings (SSSR count). The highest BCUT2D eigenvalue weighted by atomic mass is 16.2. The van der Waals surface area contributed by atoms with Gasteiger partial charge in [-0.05, 0) is 31.5 Å². The van der Waals surface area contributed by atoms with Crippen LogP contribution in [0.3, 0.4) is 0 Å². The summed E-state index contributed by atoms with van der Waals surface area (Å²) in [6, 6.07) is 16.5. The molecule has 1 heterocycles. The highest BCUT2D eigenvalue weighted by Crippen LogP contribution is 2.26. The predicted octanol–water partition coefficient (Wildman–Crippen LogP) is 3.22. The average Bonchev–Trinajstić information content (AvgIpc) is 2.83. The lowest BCUT2D eigenvalue weighted by Crippen LogP contribution is -2.33. The SMILES string of the molecule is CC1=NN(c2ccccc2)C(=O)[C@H]1C(=O)c1ccccc1C. The lowest BCUT2D eigenvalue weighted by Gasteiger charge is -2.14. The summed E-state index contributed by atoms with van der Waals surface area (Å²) in [4.78, 5) is 25.4. The molecule has 1 aliphatic heterocycles. The number of anilines is 1. The van der Waals surface area contributed by atoms with Crippen LogP contribution >= 0.6 is 0 Å². The van der Waals surface area contributed by atoms with Crippen molar-refractivity contribution in [3.05, 3.63) is 65.7 Å². The molecular weight excluding hydrogens is 276 g/mol. The minimum atomic E-state index is -0.832. The normalized spacial score (nSPS) is 17.5. The number of rotatable bonds is 3. The number of amides is 1. The molecule has 0 aliphatic carbocycles. The molecule has 22 heavy (non-hydrogen) atoms. The molecule has 2 aromatic carbocycles. The minimum Gasteiger partial charge on any atom is -0.293 e. The monoisotopic (exact) mass is 292 g/mol. The van der Waals surface area contributed by atoms with Gasteiger partial charge in [0.15, 0.2) is 5.78 Å². The zero-order valence-corrected chi connectivity index (χ0v) is 12.5. The van der Waals surface area contributed by atoms with Crippen molar-refractivity contribution in [3.63, 3.8) is 0 Å². The number of hydrogen-bond donors (Lipinski definition) is 0. The largest absolute Gasteiger partial charge is 0.293 e. The molecule has 0 fully saturated rings. The van der Waals surface area contributed by atoms with Crippen LogP contribution in [0.25, 0.3) is 0 Å². The van der Waals surface area contributed by atoms with Crippen LogP contribution in [0, 0.1) is 12.8 Å². The molecule has 110 valence electrons. The van der Waals surface area contributed by atoms with Gasteiger partial charge in [0.05, 0.1) is 11.4 Å². The first-order valence-corrected chi connectivity index (χ1v) is 7.13. The number of nitrogens with zero attached hydrogens (tertiary/aromatic N) is 2. The maximum Gasteiger partial charge on any atom is 0.264 e. The number of hydrogen-bond acceptors (Lipinski definition) is 3. The van der Waals surface area contributed by atoms with Crippen molar-refractivity contribution in [3.8, 4) is 0 Å². The minimum absolute atomic E-state index is 0.192. The van der Waals surface area contributed by atoms with E-state index in [9.17, 15) is 9.59 Å². The van der Waals surface area contributed by atoms with E-state index < -0.39 is 5.92 Å². The standard InChI is InChI=1S/C18H16N2O2/c1-12-8-6-7-11-15(12)17(21)16-13(2)19-20(18(16)22)14-9-4-3-5-10-14/h3-11,16H,1-2H3/t16-/m1/s1. The lowest BCUT2D eigenvalue weighted by atomic mass is 9.91. The second-order valence-electron chi connectivity index (χ2n) is 5.34. The number of carbonyl (C=O) groups is 2. The summed E-state index contributed by atoms with van der Waals surface area (Å²) >= 11 is 0. The van der Waals surface area contributed by atoms with Crippen LogP contribution in [0.15, 0.2) is 59.7 Å². The summed E-state index contributed by atoms with van der Waals surface area (Å²) in [7, 11) is 0. The van der Waals surface area contributed by atoms with Gasteiger partial charge in [0.2, 0.25) is 0 Å². The number of benzene rings is 2. The quantitative estimate of drug-likeness (QED) is 0.644. The van der Waals surface area contributed by atoms with E-state index >= 15 is 0 Å². The first-order chi connectivity index (χ1) is 10.6. The van der Waals surface area contributed by atoms with E-state index in [1.807, 2.05) is 37.3 Å². The molecule has 0 bridgehead atoms. The van der Waals surface area contributed by atoms with E-state index in [0.29, 0.717) is 17.0 Å². The molecule has 0 spiro atoms. The number of hydrazone groups is 1. The maximum atomic E-state index is 12.7. The fraction of sp³-hybridized carbons (Fsp3) is 0.167. The van der Waals surface area contributed by atoms with Crippen LogP contribution in [0.4, 0.5) is 5.69 Å². The van der Waals surface area contributed by atoms with E-state index in [2.05, 4.69) is 5.10 Å². The van der Waals surface area contributed by atoms with Gasteiger partial charge in [0, 0.05) is 5.56 Å². The lowest BCUT2D eigenvalue weighted by molar-refractivity contribution is -0.118. The Morgan fingerprint density at radius 1 is 1.00 bits per heavy atom. The Bertz CT molecular complexity index is 766. The van der Waals surface area contributed by atoms with Crippen molar-refractivity contribution in [2.45, 2.75) is 13.8 Å². The van der Waals surface area contributed by atoms with Crippen molar-refractivity contribution in [2.24, 2.45) is 11.0 Å². The molecule has 1 amide bonds. The molecule has 0 N–H and O–H groups in total. The van der Waals surface area contributed by atoms with Gasteiger partial charge in [0.1, 0.15) is 5.92 Å². The van der Waals surface area contributed by atoms with Crippen LogP contribution < -0.4 is 5.01 Å². The van der Waals surface area contributed by atoms with Gasteiger partial charge in [0.25, 0.3) is 5.91 Å². The third-order valence-electron chi connectivity index (χ3n) is 3.80. The molecular formula is C18H16N2O2. The Morgan fingerprint density at radius 2 is 1.64 bits per heavy atom. The number of ketones is 1. The van der Waals surface area contributed by atoms with Crippen molar-refractivity contribution in [1.82, 2.24) is 0 Å². The highest BCUT2D eigenvalue weighted by molar-refractivity contribution is 6.30. The Labute approximate surface area is 129 Å². The summed E-state index contributed by atoms with van der Waals surface area (Å²) in [5.74, 6) is -1.32. The summed E-state index contributed by atoms with van der Waals surface area (Å²) in [5, 5.41) is 5.59. The molecule has 0 saturated carbocycles. The zero-order chi connectivity index (χ0) is 15.7. The maximum absolute atomic E-state index is 12.7. The number of aryl methyl sites for hydroxylation is 1. The van der Waals surface area contributed by atoms with Gasteiger partial charge in [-0.2, -0.15) is 10.1 Å². The molecule has 1 aliphatic rings. The van der Waals surface area contributed by atoms with Crippen LogP contribution in [0.5, 0.6) is 0 Å². The predicted molar refractivity (Wildman–Crippen MR) is 86.0 cm³/mol. The fourth-order valence-electron chi connectivity index (χ4n) is 2.63. The number of para-hydroxylation sites is 1. The topological polar surface area (TPSA) is 49.7 Å². The smallest absolute Gasteiger partial charge is 0.264 e. The number of Topliss-reactive ketones (excluding diaryl/α,β-unsaturated/α-hetero) is 1. The van der Waals surface area contributed by atoms with E-state index in [1.54, 1.807) is 31.2 Å². The van der Waals surface area contributed by atoms with E-state index in [4.69, 9.17) is 0 Å². The molecule has 4 nitrogen and oxygen atoms in total. The van der Waals surface area contributed by atoms with E-state index in [1.165, 1.54) is 5.01 Å². The Balaban J connectivity index is 1.94. The van der Waals surface area contributed by atoms with Gasteiger partial charge < -0.3 is 0 Å². The van der Waals surface area contributed by atoms with Crippen LogP contribution in [0.1, 0.15) is 22.8 Å². The van der Waals surface area contributed by atoms with Gasteiger partial charge in [-0.3, -0.25) is 9.59 Å². The average molecular weight is 292 g/mol. The van der Waals surface area contributed by atoms with E-state index in [-0.39, 0.29) is 11.7 Å². The Morgan fingerprint density at radius 3 is 2.32 bits per heavy atom. The second-order valence-corrected chi connectivity index (χ2v) is 5.34.